The van der Waals surface area contributed by atoms with Crippen LogP contribution in [0.25, 0.3) is 0 Å². The predicted molar refractivity (Wildman–Crippen MR) is 45.5 cm³/mol. The second-order valence-corrected chi connectivity index (χ2v) is 3.73. The molecule has 0 aromatic heterocycles. The predicted octanol–water partition coefficient (Wildman–Crippen LogP) is 1.31. The Bertz CT molecular complexity index is 134. The summed E-state index contributed by atoms with van der Waals surface area (Å²) in [6, 6.07) is 0.220. The van der Waals surface area contributed by atoms with Crippen LogP contribution < -0.4 is 0 Å². The van der Waals surface area contributed by atoms with Crippen LogP contribution in [-0.2, 0) is 4.79 Å². The summed E-state index contributed by atoms with van der Waals surface area (Å²) >= 11 is 0. The fourth-order valence-electron chi connectivity index (χ4n) is 1.70. The van der Waals surface area contributed by atoms with Crippen LogP contribution in [0.3, 0.4) is 0 Å². The van der Waals surface area contributed by atoms with Gasteiger partial charge in [-0.15, -0.1) is 0 Å². The highest BCUT2D eigenvalue weighted by Gasteiger charge is 2.23. The quantitative estimate of drug-likeness (QED) is 0.573. The molecule has 1 aliphatic heterocycles. The van der Waals surface area contributed by atoms with E-state index in [0.29, 0.717) is 5.92 Å². The van der Waals surface area contributed by atoms with Gasteiger partial charge in [0.25, 0.3) is 0 Å². The SMILES string of the molecule is CC(C)CN1CCCC1C=O. The van der Waals surface area contributed by atoms with Crippen molar-refractivity contribution in [1.82, 2.24) is 4.90 Å². The molecule has 1 saturated heterocycles. The van der Waals surface area contributed by atoms with Crippen molar-refractivity contribution in [1.29, 1.82) is 0 Å². The Kier molecular flexibility index (Phi) is 3.06. The van der Waals surface area contributed by atoms with E-state index in [4.69, 9.17) is 0 Å². The minimum atomic E-state index is 0.220. The van der Waals surface area contributed by atoms with Crippen LogP contribution in [0.15, 0.2) is 0 Å². The Morgan fingerprint density at radius 2 is 2.36 bits per heavy atom. The molecule has 0 bridgehead atoms. The Hall–Kier alpha value is -0.370. The summed E-state index contributed by atoms with van der Waals surface area (Å²) in [4.78, 5) is 12.8. The van der Waals surface area contributed by atoms with Crippen LogP contribution in [0.1, 0.15) is 26.7 Å². The van der Waals surface area contributed by atoms with E-state index >= 15 is 0 Å². The van der Waals surface area contributed by atoms with Gasteiger partial charge in [-0.25, -0.2) is 0 Å². The number of aldehydes is 1. The molecule has 2 nitrogen and oxygen atoms in total. The highest BCUT2D eigenvalue weighted by Crippen LogP contribution is 2.16. The molecule has 1 fully saturated rings. The monoisotopic (exact) mass is 155 g/mol. The molecule has 0 N–H and O–H groups in total. The summed E-state index contributed by atoms with van der Waals surface area (Å²) in [5.74, 6) is 0.676. The Morgan fingerprint density at radius 1 is 1.64 bits per heavy atom. The molecule has 2 heteroatoms. The van der Waals surface area contributed by atoms with Gasteiger partial charge in [0.2, 0.25) is 0 Å². The van der Waals surface area contributed by atoms with Gasteiger partial charge in [-0.1, -0.05) is 13.8 Å². The highest BCUT2D eigenvalue weighted by molar-refractivity contribution is 5.58. The van der Waals surface area contributed by atoms with E-state index in [0.717, 1.165) is 25.8 Å². The molecule has 11 heavy (non-hydrogen) atoms. The number of carbonyl (C=O) groups excluding carboxylic acids is 1. The van der Waals surface area contributed by atoms with E-state index < -0.39 is 0 Å². The summed E-state index contributed by atoms with van der Waals surface area (Å²) in [7, 11) is 0. The van der Waals surface area contributed by atoms with Gasteiger partial charge in [0.15, 0.2) is 0 Å². The van der Waals surface area contributed by atoms with E-state index in [1.807, 2.05) is 0 Å². The maximum absolute atomic E-state index is 10.6. The van der Waals surface area contributed by atoms with Crippen LogP contribution >= 0.6 is 0 Å². The smallest absolute Gasteiger partial charge is 0.137 e. The van der Waals surface area contributed by atoms with Crippen molar-refractivity contribution in [2.75, 3.05) is 13.1 Å². The topological polar surface area (TPSA) is 20.3 Å². The van der Waals surface area contributed by atoms with E-state index in [1.54, 1.807) is 0 Å². The third-order valence-corrected chi connectivity index (χ3v) is 2.17. The van der Waals surface area contributed by atoms with Crippen molar-refractivity contribution < 1.29 is 4.79 Å². The normalized spacial score (nSPS) is 26.3. The number of hydrogen-bond acceptors (Lipinski definition) is 2. The molecule has 0 amide bonds. The fraction of sp³-hybridized carbons (Fsp3) is 0.889. The van der Waals surface area contributed by atoms with E-state index in [-0.39, 0.29) is 6.04 Å². The van der Waals surface area contributed by atoms with Crippen LogP contribution in [0.5, 0.6) is 0 Å². The molecule has 64 valence electrons. The number of hydrogen-bond donors (Lipinski definition) is 0. The minimum absolute atomic E-state index is 0.220. The maximum Gasteiger partial charge on any atom is 0.137 e. The number of likely N-dealkylation sites (tertiary alicyclic amines) is 1. The highest BCUT2D eigenvalue weighted by atomic mass is 16.1. The lowest BCUT2D eigenvalue weighted by atomic mass is 10.2. The molecule has 1 aliphatic rings. The van der Waals surface area contributed by atoms with Crippen LogP contribution in [0.2, 0.25) is 0 Å². The molecule has 1 rings (SSSR count). The molecule has 0 saturated carbocycles. The standard InChI is InChI=1S/C9H17NO/c1-8(2)6-10-5-3-4-9(10)7-11/h7-9H,3-6H2,1-2H3. The third-order valence-electron chi connectivity index (χ3n) is 2.17. The van der Waals surface area contributed by atoms with Crippen molar-refractivity contribution in [2.24, 2.45) is 5.92 Å². The van der Waals surface area contributed by atoms with Crippen LogP contribution in [0.4, 0.5) is 0 Å². The molecule has 0 radical (unpaired) electrons. The molecule has 0 aromatic carbocycles. The molecule has 1 atom stereocenters. The summed E-state index contributed by atoms with van der Waals surface area (Å²) in [6.07, 6.45) is 3.35. The lowest BCUT2D eigenvalue weighted by molar-refractivity contribution is -0.111. The van der Waals surface area contributed by atoms with Gasteiger partial charge in [0.1, 0.15) is 6.29 Å². The van der Waals surface area contributed by atoms with Gasteiger partial charge in [0.05, 0.1) is 6.04 Å². The van der Waals surface area contributed by atoms with E-state index in [9.17, 15) is 4.79 Å². The van der Waals surface area contributed by atoms with Crippen LogP contribution in [0, 0.1) is 5.92 Å². The molecule has 1 unspecified atom stereocenters. The van der Waals surface area contributed by atoms with Gasteiger partial charge in [-0.3, -0.25) is 4.90 Å². The minimum Gasteiger partial charge on any atom is -0.302 e. The first kappa shape index (κ1) is 8.72. The van der Waals surface area contributed by atoms with E-state index in [1.165, 1.54) is 6.42 Å². The average Bonchev–Trinajstić information content (AvgIpc) is 2.34. The van der Waals surface area contributed by atoms with E-state index in [2.05, 4.69) is 18.7 Å². The van der Waals surface area contributed by atoms with Crippen molar-refractivity contribution in [3.8, 4) is 0 Å². The second-order valence-electron chi connectivity index (χ2n) is 3.73. The summed E-state index contributed by atoms with van der Waals surface area (Å²) < 4.78 is 0. The summed E-state index contributed by atoms with van der Waals surface area (Å²) in [5.41, 5.74) is 0. The number of nitrogens with zero attached hydrogens (tertiary/aromatic N) is 1. The summed E-state index contributed by atoms with van der Waals surface area (Å²) in [6.45, 7) is 6.57. The van der Waals surface area contributed by atoms with Gasteiger partial charge in [-0.2, -0.15) is 0 Å². The lowest BCUT2D eigenvalue weighted by Crippen LogP contribution is -2.33. The molecule has 0 aliphatic carbocycles. The summed E-state index contributed by atoms with van der Waals surface area (Å²) in [5, 5.41) is 0. The molecule has 0 spiro atoms. The second kappa shape index (κ2) is 3.86. The van der Waals surface area contributed by atoms with Crippen LogP contribution in [-0.4, -0.2) is 30.3 Å². The van der Waals surface area contributed by atoms with Gasteiger partial charge < -0.3 is 4.79 Å². The fourth-order valence-corrected chi connectivity index (χ4v) is 1.70. The zero-order valence-corrected chi connectivity index (χ0v) is 7.42. The molecular weight excluding hydrogens is 138 g/mol. The van der Waals surface area contributed by atoms with Crippen molar-refractivity contribution in [2.45, 2.75) is 32.7 Å². The largest absolute Gasteiger partial charge is 0.302 e. The zero-order chi connectivity index (χ0) is 8.27. The zero-order valence-electron chi connectivity index (χ0n) is 7.42. The number of rotatable bonds is 3. The number of carbonyl (C=O) groups is 1. The molecule has 0 aromatic rings. The van der Waals surface area contributed by atoms with Crippen molar-refractivity contribution >= 4 is 6.29 Å². The first-order valence-corrected chi connectivity index (χ1v) is 4.43. The van der Waals surface area contributed by atoms with Crippen molar-refractivity contribution in [3.63, 3.8) is 0 Å². The Morgan fingerprint density at radius 3 is 2.91 bits per heavy atom. The Balaban J connectivity index is 2.37. The van der Waals surface area contributed by atoms with Gasteiger partial charge in [-0.05, 0) is 25.3 Å². The maximum atomic E-state index is 10.6. The first-order chi connectivity index (χ1) is 5.24. The first-order valence-electron chi connectivity index (χ1n) is 4.43. The third kappa shape index (κ3) is 2.29. The molecular formula is C9H17NO. The van der Waals surface area contributed by atoms with Gasteiger partial charge in [0, 0.05) is 6.54 Å². The lowest BCUT2D eigenvalue weighted by Gasteiger charge is -2.21. The van der Waals surface area contributed by atoms with Gasteiger partial charge >= 0.3 is 0 Å². The van der Waals surface area contributed by atoms with Crippen molar-refractivity contribution in [3.05, 3.63) is 0 Å². The average molecular weight is 155 g/mol. The molecule has 1 heterocycles. The Labute approximate surface area is 68.6 Å².